The van der Waals surface area contributed by atoms with E-state index in [0.717, 1.165) is 17.3 Å². The number of sulfonamides is 1. The summed E-state index contributed by atoms with van der Waals surface area (Å²) in [5, 5.41) is 0.618. The SMILES string of the molecule is CN(Cc1ccc(Cl)cc1)S(=O)(=O)c1cccc2nsnc12. The maximum atomic E-state index is 12.8. The predicted molar refractivity (Wildman–Crippen MR) is 87.5 cm³/mol. The first-order valence-electron chi connectivity index (χ1n) is 6.40. The molecule has 0 atom stereocenters. The van der Waals surface area contributed by atoms with E-state index in [-0.39, 0.29) is 11.4 Å². The van der Waals surface area contributed by atoms with Crippen molar-refractivity contribution >= 4 is 44.4 Å². The van der Waals surface area contributed by atoms with E-state index in [9.17, 15) is 8.42 Å². The van der Waals surface area contributed by atoms with Crippen LogP contribution in [0.25, 0.3) is 11.0 Å². The average molecular weight is 354 g/mol. The number of halogens is 1. The molecule has 0 radical (unpaired) electrons. The van der Waals surface area contributed by atoms with Gasteiger partial charge in [-0.3, -0.25) is 0 Å². The number of benzene rings is 2. The molecule has 0 spiro atoms. The lowest BCUT2D eigenvalue weighted by Crippen LogP contribution is -2.26. The Morgan fingerprint density at radius 3 is 2.59 bits per heavy atom. The molecular weight excluding hydrogens is 342 g/mol. The first-order chi connectivity index (χ1) is 10.5. The molecule has 5 nitrogen and oxygen atoms in total. The smallest absolute Gasteiger partial charge is 0.207 e. The minimum Gasteiger partial charge on any atom is -0.207 e. The van der Waals surface area contributed by atoms with E-state index in [0.29, 0.717) is 16.1 Å². The van der Waals surface area contributed by atoms with Crippen LogP contribution in [0.4, 0.5) is 0 Å². The Bertz CT molecular complexity index is 907. The van der Waals surface area contributed by atoms with E-state index in [2.05, 4.69) is 8.75 Å². The molecule has 1 heterocycles. The van der Waals surface area contributed by atoms with Gasteiger partial charge in [-0.2, -0.15) is 13.1 Å². The van der Waals surface area contributed by atoms with Crippen LogP contribution in [0.15, 0.2) is 47.4 Å². The Hall–Kier alpha value is -1.54. The molecule has 0 aliphatic carbocycles. The van der Waals surface area contributed by atoms with Gasteiger partial charge in [0.2, 0.25) is 10.0 Å². The highest BCUT2D eigenvalue weighted by Gasteiger charge is 2.24. The molecule has 0 N–H and O–H groups in total. The zero-order chi connectivity index (χ0) is 15.7. The van der Waals surface area contributed by atoms with Gasteiger partial charge in [0.05, 0.1) is 11.7 Å². The zero-order valence-corrected chi connectivity index (χ0v) is 14.0. The average Bonchev–Trinajstić information content (AvgIpc) is 2.97. The lowest BCUT2D eigenvalue weighted by molar-refractivity contribution is 0.467. The minimum atomic E-state index is -3.64. The summed E-state index contributed by atoms with van der Waals surface area (Å²) < 4.78 is 35.0. The summed E-state index contributed by atoms with van der Waals surface area (Å²) in [5.74, 6) is 0. The van der Waals surface area contributed by atoms with E-state index < -0.39 is 10.0 Å². The third-order valence-electron chi connectivity index (χ3n) is 3.26. The molecule has 22 heavy (non-hydrogen) atoms. The molecule has 3 rings (SSSR count). The fourth-order valence-electron chi connectivity index (χ4n) is 2.09. The largest absolute Gasteiger partial charge is 0.245 e. The molecule has 3 aromatic rings. The number of hydrogen-bond acceptors (Lipinski definition) is 5. The number of fused-ring (bicyclic) bond motifs is 1. The van der Waals surface area contributed by atoms with Crippen LogP contribution in [0.5, 0.6) is 0 Å². The van der Waals surface area contributed by atoms with E-state index in [1.54, 1.807) is 49.5 Å². The van der Waals surface area contributed by atoms with Crippen molar-refractivity contribution in [3.63, 3.8) is 0 Å². The molecule has 0 amide bonds. The monoisotopic (exact) mass is 353 g/mol. The third kappa shape index (κ3) is 2.85. The Labute approximate surface area is 137 Å². The predicted octanol–water partition coefficient (Wildman–Crippen LogP) is 3.17. The summed E-state index contributed by atoms with van der Waals surface area (Å²) in [6, 6.07) is 12.1. The van der Waals surface area contributed by atoms with Gasteiger partial charge in [0, 0.05) is 18.6 Å². The standard InChI is InChI=1S/C14H12ClN3O2S2/c1-18(9-10-5-7-11(15)8-6-10)22(19,20)13-4-2-3-12-14(13)17-21-16-12/h2-8H,9H2,1H3. The molecule has 0 aliphatic rings. The first-order valence-corrected chi connectivity index (χ1v) is 8.95. The summed E-state index contributed by atoms with van der Waals surface area (Å²) in [4.78, 5) is 0.176. The van der Waals surface area contributed by atoms with Crippen LogP contribution in [0, 0.1) is 0 Å². The van der Waals surface area contributed by atoms with Crippen molar-refractivity contribution in [1.82, 2.24) is 13.1 Å². The second kappa shape index (κ2) is 5.92. The van der Waals surface area contributed by atoms with Gasteiger partial charge in [0.1, 0.15) is 15.9 Å². The van der Waals surface area contributed by atoms with Crippen molar-refractivity contribution in [2.75, 3.05) is 7.05 Å². The van der Waals surface area contributed by atoms with Crippen LogP contribution in [0.1, 0.15) is 5.56 Å². The number of aromatic nitrogens is 2. The van der Waals surface area contributed by atoms with Crippen LogP contribution >= 0.6 is 23.3 Å². The highest BCUT2D eigenvalue weighted by atomic mass is 35.5. The van der Waals surface area contributed by atoms with E-state index in [1.165, 1.54) is 4.31 Å². The summed E-state index contributed by atoms with van der Waals surface area (Å²) >= 11 is 6.84. The van der Waals surface area contributed by atoms with Gasteiger partial charge in [0.25, 0.3) is 0 Å². The summed E-state index contributed by atoms with van der Waals surface area (Å²) in [6.07, 6.45) is 0. The second-order valence-corrected chi connectivity index (χ2v) is 7.75. The molecule has 2 aromatic carbocycles. The van der Waals surface area contributed by atoms with Crippen LogP contribution in [0.3, 0.4) is 0 Å². The summed E-state index contributed by atoms with van der Waals surface area (Å²) in [5.41, 5.74) is 1.86. The van der Waals surface area contributed by atoms with Crippen LogP contribution in [-0.4, -0.2) is 28.5 Å². The molecule has 0 bridgehead atoms. The van der Waals surface area contributed by atoms with Crippen LogP contribution in [-0.2, 0) is 16.6 Å². The van der Waals surface area contributed by atoms with Crippen LogP contribution in [0.2, 0.25) is 5.02 Å². The van der Waals surface area contributed by atoms with Gasteiger partial charge >= 0.3 is 0 Å². The molecule has 0 aliphatic heterocycles. The number of rotatable bonds is 4. The van der Waals surface area contributed by atoms with Crippen molar-refractivity contribution in [3.05, 3.63) is 53.1 Å². The van der Waals surface area contributed by atoms with Gasteiger partial charge in [-0.25, -0.2) is 8.42 Å². The minimum absolute atomic E-state index is 0.176. The van der Waals surface area contributed by atoms with Gasteiger partial charge in [-0.05, 0) is 29.8 Å². The molecule has 8 heteroatoms. The summed E-state index contributed by atoms with van der Waals surface area (Å²) in [6.45, 7) is 0.257. The molecule has 0 fully saturated rings. The van der Waals surface area contributed by atoms with Gasteiger partial charge in [0.15, 0.2) is 0 Å². The zero-order valence-electron chi connectivity index (χ0n) is 11.6. The topological polar surface area (TPSA) is 63.2 Å². The van der Waals surface area contributed by atoms with Gasteiger partial charge in [-0.1, -0.05) is 29.8 Å². The molecule has 0 unspecified atom stereocenters. The molecule has 114 valence electrons. The Morgan fingerprint density at radius 1 is 1.14 bits per heavy atom. The fourth-order valence-corrected chi connectivity index (χ4v) is 4.12. The summed E-state index contributed by atoms with van der Waals surface area (Å²) in [7, 11) is -2.10. The van der Waals surface area contributed by atoms with Crippen molar-refractivity contribution in [2.45, 2.75) is 11.4 Å². The maximum Gasteiger partial charge on any atom is 0.245 e. The quantitative estimate of drug-likeness (QED) is 0.722. The fraction of sp³-hybridized carbons (Fsp3) is 0.143. The third-order valence-corrected chi connectivity index (χ3v) is 5.89. The van der Waals surface area contributed by atoms with E-state index >= 15 is 0 Å². The number of nitrogens with zero attached hydrogens (tertiary/aromatic N) is 3. The maximum absolute atomic E-state index is 12.8. The highest BCUT2D eigenvalue weighted by Crippen LogP contribution is 2.24. The van der Waals surface area contributed by atoms with Crippen molar-refractivity contribution in [3.8, 4) is 0 Å². The van der Waals surface area contributed by atoms with Crippen molar-refractivity contribution in [2.24, 2.45) is 0 Å². The van der Waals surface area contributed by atoms with E-state index in [4.69, 9.17) is 11.6 Å². The van der Waals surface area contributed by atoms with Gasteiger partial charge < -0.3 is 0 Å². The first kappa shape index (κ1) is 15.4. The van der Waals surface area contributed by atoms with E-state index in [1.807, 2.05) is 0 Å². The van der Waals surface area contributed by atoms with Crippen LogP contribution < -0.4 is 0 Å². The Morgan fingerprint density at radius 2 is 1.86 bits per heavy atom. The molecule has 1 aromatic heterocycles. The second-order valence-electron chi connectivity index (χ2n) is 4.78. The normalized spacial score (nSPS) is 12.1. The van der Waals surface area contributed by atoms with Crippen molar-refractivity contribution < 1.29 is 8.42 Å². The molecule has 0 saturated carbocycles. The molecular formula is C14H12ClN3O2S2. The lowest BCUT2D eigenvalue weighted by Gasteiger charge is -2.17. The highest BCUT2D eigenvalue weighted by molar-refractivity contribution is 7.89. The van der Waals surface area contributed by atoms with Crippen molar-refractivity contribution in [1.29, 1.82) is 0 Å². The lowest BCUT2D eigenvalue weighted by atomic mass is 10.2. The number of hydrogen-bond donors (Lipinski definition) is 0. The van der Waals surface area contributed by atoms with Gasteiger partial charge in [-0.15, -0.1) is 0 Å². The molecule has 0 saturated heterocycles. The Kier molecular flexibility index (Phi) is 4.14. The Balaban J connectivity index is 1.95.